The van der Waals surface area contributed by atoms with Gasteiger partial charge in [-0.15, -0.1) is 10.2 Å². The number of halogens is 2. The Hall–Kier alpha value is -1.57. The molecule has 0 bridgehead atoms. The number of aryl methyl sites for hydroxylation is 1. The second-order valence-electron chi connectivity index (χ2n) is 4.38. The third-order valence-electron chi connectivity index (χ3n) is 2.78. The van der Waals surface area contributed by atoms with E-state index in [1.54, 1.807) is 25.3 Å². The van der Waals surface area contributed by atoms with Crippen LogP contribution in [0.25, 0.3) is 0 Å². The Kier molecular flexibility index (Phi) is 6.04. The summed E-state index contributed by atoms with van der Waals surface area (Å²) in [4.78, 5) is 12.1. The molecule has 9 heteroatoms. The number of ether oxygens (including phenoxy) is 1. The van der Waals surface area contributed by atoms with Gasteiger partial charge in [0.2, 0.25) is 5.16 Å². The maximum atomic E-state index is 12.1. The van der Waals surface area contributed by atoms with Gasteiger partial charge in [0.25, 0.3) is 5.56 Å². The predicted molar refractivity (Wildman–Crippen MR) is 93.4 cm³/mol. The van der Waals surface area contributed by atoms with Crippen LogP contribution in [0, 0.1) is 6.92 Å². The summed E-state index contributed by atoms with van der Waals surface area (Å²) in [5.74, 6) is 0.427. The standard InChI is InChI=1S/C14H14Cl2N4O2S/c1-4-22-12-10(15)5-9(6-11(12)16)7-17-20-13(21)8(2)18-19-14(20)23-3/h5-7H,4H2,1-3H3/b17-7-. The lowest BCUT2D eigenvalue weighted by molar-refractivity contribution is 0.340. The van der Waals surface area contributed by atoms with E-state index in [0.717, 1.165) is 0 Å². The van der Waals surface area contributed by atoms with Crippen LogP contribution in [0.2, 0.25) is 10.0 Å². The first-order chi connectivity index (χ1) is 11.0. The highest BCUT2D eigenvalue weighted by Gasteiger charge is 2.10. The smallest absolute Gasteiger partial charge is 0.296 e. The molecule has 0 unspecified atom stereocenters. The monoisotopic (exact) mass is 372 g/mol. The third kappa shape index (κ3) is 4.04. The van der Waals surface area contributed by atoms with Crippen LogP contribution >= 0.6 is 35.0 Å². The van der Waals surface area contributed by atoms with Gasteiger partial charge in [0.05, 0.1) is 22.9 Å². The van der Waals surface area contributed by atoms with Gasteiger partial charge < -0.3 is 4.74 Å². The molecule has 0 spiro atoms. The second kappa shape index (κ2) is 7.81. The summed E-state index contributed by atoms with van der Waals surface area (Å²) < 4.78 is 6.56. The molecule has 1 aromatic carbocycles. The van der Waals surface area contributed by atoms with Gasteiger partial charge in [-0.3, -0.25) is 4.79 Å². The highest BCUT2D eigenvalue weighted by molar-refractivity contribution is 7.98. The molecule has 6 nitrogen and oxygen atoms in total. The maximum Gasteiger partial charge on any atom is 0.296 e. The van der Waals surface area contributed by atoms with Gasteiger partial charge in [0.1, 0.15) is 5.69 Å². The Morgan fingerprint density at radius 3 is 2.57 bits per heavy atom. The van der Waals surface area contributed by atoms with Crippen molar-refractivity contribution in [2.24, 2.45) is 5.10 Å². The van der Waals surface area contributed by atoms with E-state index in [2.05, 4.69) is 15.3 Å². The van der Waals surface area contributed by atoms with Crippen molar-refractivity contribution in [1.82, 2.24) is 14.9 Å². The Morgan fingerprint density at radius 1 is 1.35 bits per heavy atom. The van der Waals surface area contributed by atoms with Crippen LogP contribution in [0.4, 0.5) is 0 Å². The Balaban J connectivity index is 2.42. The van der Waals surface area contributed by atoms with Crippen LogP contribution < -0.4 is 10.3 Å². The van der Waals surface area contributed by atoms with Crippen molar-refractivity contribution in [3.05, 3.63) is 43.8 Å². The summed E-state index contributed by atoms with van der Waals surface area (Å²) >= 11 is 13.6. The molecule has 2 rings (SSSR count). The zero-order chi connectivity index (χ0) is 17.0. The molecule has 0 aliphatic carbocycles. The van der Waals surface area contributed by atoms with Crippen LogP contribution in [-0.4, -0.2) is 34.0 Å². The molecule has 1 heterocycles. The SMILES string of the molecule is CCOc1c(Cl)cc(/C=N\n2c(SC)nnc(C)c2=O)cc1Cl. The molecule has 1 aromatic heterocycles. The second-order valence-corrected chi connectivity index (χ2v) is 5.97. The van der Waals surface area contributed by atoms with Crippen LogP contribution in [0.5, 0.6) is 5.75 Å². The van der Waals surface area contributed by atoms with Crippen molar-refractivity contribution in [3.63, 3.8) is 0 Å². The van der Waals surface area contributed by atoms with Crippen LogP contribution in [0.1, 0.15) is 18.2 Å². The highest BCUT2D eigenvalue weighted by Crippen LogP contribution is 2.33. The first kappa shape index (κ1) is 17.8. The summed E-state index contributed by atoms with van der Waals surface area (Å²) in [6.07, 6.45) is 3.27. The minimum absolute atomic E-state index is 0.266. The van der Waals surface area contributed by atoms with E-state index in [0.29, 0.717) is 33.1 Å². The molecular formula is C14H14Cl2N4O2S. The maximum absolute atomic E-state index is 12.1. The van der Waals surface area contributed by atoms with Crippen molar-refractivity contribution in [3.8, 4) is 5.75 Å². The van der Waals surface area contributed by atoms with Crippen LogP contribution in [-0.2, 0) is 0 Å². The zero-order valence-corrected chi connectivity index (χ0v) is 15.0. The third-order valence-corrected chi connectivity index (χ3v) is 3.96. The summed E-state index contributed by atoms with van der Waals surface area (Å²) in [6.45, 7) is 3.88. The van der Waals surface area contributed by atoms with Crippen molar-refractivity contribution < 1.29 is 4.74 Å². The zero-order valence-electron chi connectivity index (χ0n) is 12.7. The number of nitrogens with zero attached hydrogens (tertiary/aromatic N) is 4. The molecular weight excluding hydrogens is 359 g/mol. The number of thioether (sulfide) groups is 1. The van der Waals surface area contributed by atoms with Gasteiger partial charge in [-0.2, -0.15) is 9.78 Å². The van der Waals surface area contributed by atoms with Gasteiger partial charge >= 0.3 is 0 Å². The molecule has 0 aliphatic rings. The lowest BCUT2D eigenvalue weighted by Crippen LogP contribution is -2.23. The Labute approximate surface area is 147 Å². The molecule has 0 saturated heterocycles. The fourth-order valence-electron chi connectivity index (χ4n) is 1.73. The van der Waals surface area contributed by atoms with Gasteiger partial charge in [-0.05, 0) is 37.8 Å². The Morgan fingerprint density at radius 2 is 2.00 bits per heavy atom. The molecule has 122 valence electrons. The molecule has 0 amide bonds. The highest BCUT2D eigenvalue weighted by atomic mass is 35.5. The molecule has 0 aliphatic heterocycles. The fourth-order valence-corrected chi connectivity index (χ4v) is 2.77. The number of aromatic nitrogens is 3. The van der Waals surface area contributed by atoms with E-state index in [4.69, 9.17) is 27.9 Å². The largest absolute Gasteiger partial charge is 0.491 e. The predicted octanol–water partition coefficient (Wildman–Crippen LogP) is 3.26. The van der Waals surface area contributed by atoms with E-state index in [1.165, 1.54) is 22.7 Å². The topological polar surface area (TPSA) is 69.4 Å². The summed E-state index contributed by atoms with van der Waals surface area (Å²) in [7, 11) is 0. The number of hydrogen-bond acceptors (Lipinski definition) is 6. The average molecular weight is 373 g/mol. The minimum Gasteiger partial charge on any atom is -0.491 e. The molecule has 23 heavy (non-hydrogen) atoms. The first-order valence-corrected chi connectivity index (χ1v) is 8.62. The van der Waals surface area contributed by atoms with E-state index >= 15 is 0 Å². The number of hydrogen-bond donors (Lipinski definition) is 0. The van der Waals surface area contributed by atoms with E-state index < -0.39 is 0 Å². The molecule has 0 N–H and O–H groups in total. The molecule has 0 atom stereocenters. The molecule has 0 fully saturated rings. The van der Waals surface area contributed by atoms with Crippen molar-refractivity contribution in [1.29, 1.82) is 0 Å². The number of benzene rings is 1. The molecule has 0 radical (unpaired) electrons. The Bertz CT molecular complexity index is 785. The van der Waals surface area contributed by atoms with Crippen LogP contribution in [0.3, 0.4) is 0 Å². The summed E-state index contributed by atoms with van der Waals surface area (Å²) in [6, 6.07) is 3.32. The van der Waals surface area contributed by atoms with Gasteiger partial charge in [0.15, 0.2) is 5.75 Å². The molecule has 0 saturated carbocycles. The van der Waals surface area contributed by atoms with Gasteiger partial charge in [0, 0.05) is 0 Å². The number of rotatable bonds is 5. The van der Waals surface area contributed by atoms with Gasteiger partial charge in [-0.1, -0.05) is 35.0 Å². The quantitative estimate of drug-likeness (QED) is 0.594. The minimum atomic E-state index is -0.330. The first-order valence-electron chi connectivity index (χ1n) is 6.64. The van der Waals surface area contributed by atoms with E-state index in [1.807, 2.05) is 6.92 Å². The van der Waals surface area contributed by atoms with Crippen molar-refractivity contribution in [2.45, 2.75) is 19.0 Å². The van der Waals surface area contributed by atoms with E-state index in [9.17, 15) is 4.79 Å². The van der Waals surface area contributed by atoms with E-state index in [-0.39, 0.29) is 11.3 Å². The van der Waals surface area contributed by atoms with Crippen LogP contribution in [0.15, 0.2) is 27.2 Å². The lowest BCUT2D eigenvalue weighted by Gasteiger charge is -2.08. The normalized spacial score (nSPS) is 11.2. The molecule has 2 aromatic rings. The summed E-state index contributed by atoms with van der Waals surface area (Å²) in [5, 5.41) is 13.0. The van der Waals surface area contributed by atoms with Gasteiger partial charge in [-0.25, -0.2) is 0 Å². The van der Waals surface area contributed by atoms with Crippen molar-refractivity contribution in [2.75, 3.05) is 12.9 Å². The fraction of sp³-hybridized carbons (Fsp3) is 0.286. The average Bonchev–Trinajstić information content (AvgIpc) is 2.52. The summed E-state index contributed by atoms with van der Waals surface area (Å²) in [5.41, 5.74) is 0.573. The lowest BCUT2D eigenvalue weighted by atomic mass is 10.2. The van der Waals surface area contributed by atoms with Crippen molar-refractivity contribution >= 4 is 41.2 Å².